The molecule has 1 heterocycles. The molecule has 0 fully saturated rings. The Morgan fingerprint density at radius 3 is 2.74 bits per heavy atom. The number of nitrogens with zero attached hydrogens (tertiary/aromatic N) is 1. The van der Waals surface area contributed by atoms with Crippen LogP contribution >= 0.6 is 11.6 Å². The topological polar surface area (TPSA) is 78.9 Å². The number of esters is 1. The van der Waals surface area contributed by atoms with E-state index < -0.39 is 23.5 Å². The Bertz CT molecular complexity index is 670. The molecular formula is C14H13ClF2N2O4. The fourth-order valence-corrected chi connectivity index (χ4v) is 2.38. The quantitative estimate of drug-likeness (QED) is 0.786. The van der Waals surface area contributed by atoms with Crippen LogP contribution in [0, 0.1) is 11.6 Å². The number of nitrogens with one attached hydrogen (secondary N) is 1. The van der Waals surface area contributed by atoms with Crippen LogP contribution < -0.4 is 5.32 Å². The zero-order valence-corrected chi connectivity index (χ0v) is 12.8. The lowest BCUT2D eigenvalue weighted by Crippen LogP contribution is -2.31. The summed E-state index contributed by atoms with van der Waals surface area (Å²) in [7, 11) is 1.14. The lowest BCUT2D eigenvalue weighted by molar-refractivity contribution is -0.136. The van der Waals surface area contributed by atoms with Crippen molar-refractivity contribution in [2.75, 3.05) is 32.1 Å². The minimum Gasteiger partial charge on any atom is -0.466 e. The summed E-state index contributed by atoms with van der Waals surface area (Å²) in [6.45, 7) is -0.419. The predicted molar refractivity (Wildman–Crippen MR) is 77.7 cm³/mol. The Hall–Kier alpha value is -2.19. The molecule has 6 nitrogen and oxygen atoms in total. The van der Waals surface area contributed by atoms with Gasteiger partial charge < -0.3 is 20.1 Å². The summed E-state index contributed by atoms with van der Waals surface area (Å²) in [5, 5.41) is 11.1. The smallest absolute Gasteiger partial charge is 0.337 e. The molecule has 0 aliphatic carbocycles. The zero-order chi connectivity index (χ0) is 17.1. The fraction of sp³-hybridized carbons (Fsp3) is 0.286. The van der Waals surface area contributed by atoms with E-state index in [0.29, 0.717) is 6.07 Å². The summed E-state index contributed by atoms with van der Waals surface area (Å²) >= 11 is 5.77. The SMILES string of the molecule is COC(=O)C1=C(Nc2c(F)cc(F)cc2Cl)C(=O)N(CCO)C1. The van der Waals surface area contributed by atoms with Crippen LogP contribution in [0.2, 0.25) is 5.02 Å². The lowest BCUT2D eigenvalue weighted by atomic mass is 10.2. The van der Waals surface area contributed by atoms with Gasteiger partial charge in [-0.3, -0.25) is 4.79 Å². The molecule has 0 atom stereocenters. The van der Waals surface area contributed by atoms with Crippen molar-refractivity contribution in [2.45, 2.75) is 0 Å². The summed E-state index contributed by atoms with van der Waals surface area (Å²) in [5.74, 6) is -3.29. The number of methoxy groups -OCH3 is 1. The Morgan fingerprint density at radius 2 is 2.17 bits per heavy atom. The van der Waals surface area contributed by atoms with E-state index in [2.05, 4.69) is 10.1 Å². The molecule has 0 unspecified atom stereocenters. The van der Waals surface area contributed by atoms with Crippen molar-refractivity contribution in [1.82, 2.24) is 4.90 Å². The fourth-order valence-electron chi connectivity index (χ4n) is 2.14. The number of hydrogen-bond acceptors (Lipinski definition) is 5. The normalized spacial score (nSPS) is 14.5. The first-order chi connectivity index (χ1) is 10.9. The monoisotopic (exact) mass is 346 g/mol. The molecule has 0 bridgehead atoms. The third-order valence-corrected chi connectivity index (χ3v) is 3.51. The standard InChI is InChI=1S/C14H13ClF2N2O4/c1-23-14(22)8-6-19(2-3-20)13(21)11(8)18-12-9(15)4-7(16)5-10(12)17/h4-5,18,20H,2-3,6H2,1H3. The second kappa shape index (κ2) is 6.93. The van der Waals surface area contributed by atoms with Crippen LogP contribution in [0.15, 0.2) is 23.4 Å². The number of β-amino-alcohol motifs (C(OH)–C–C–N with tert-alkyl or cyclic N) is 1. The molecule has 2 rings (SSSR count). The minimum absolute atomic E-state index is 0.00978. The van der Waals surface area contributed by atoms with Crippen molar-refractivity contribution in [3.05, 3.63) is 40.1 Å². The molecule has 1 amide bonds. The molecule has 124 valence electrons. The highest BCUT2D eigenvalue weighted by Crippen LogP contribution is 2.30. The molecule has 0 saturated carbocycles. The number of benzene rings is 1. The maximum Gasteiger partial charge on any atom is 0.337 e. The maximum absolute atomic E-state index is 13.9. The first kappa shape index (κ1) is 17.2. The van der Waals surface area contributed by atoms with Gasteiger partial charge in [-0.15, -0.1) is 0 Å². The molecule has 1 aromatic rings. The summed E-state index contributed by atoms with van der Waals surface area (Å²) < 4.78 is 31.5. The minimum atomic E-state index is -1.01. The van der Waals surface area contributed by atoms with E-state index >= 15 is 0 Å². The molecule has 0 radical (unpaired) electrons. The molecule has 1 aliphatic heterocycles. The van der Waals surface area contributed by atoms with Gasteiger partial charge in [0.05, 0.1) is 36.5 Å². The number of rotatable bonds is 5. The molecular weight excluding hydrogens is 334 g/mol. The number of amides is 1. The van der Waals surface area contributed by atoms with Crippen molar-refractivity contribution in [3.8, 4) is 0 Å². The molecule has 23 heavy (non-hydrogen) atoms. The van der Waals surface area contributed by atoms with Crippen LogP contribution in [-0.4, -0.2) is 48.7 Å². The average molecular weight is 347 g/mol. The van der Waals surface area contributed by atoms with E-state index in [9.17, 15) is 18.4 Å². The molecule has 1 aliphatic rings. The zero-order valence-electron chi connectivity index (χ0n) is 12.0. The van der Waals surface area contributed by atoms with E-state index in [1.807, 2.05) is 0 Å². The van der Waals surface area contributed by atoms with Gasteiger partial charge in [0.25, 0.3) is 5.91 Å². The Kier molecular flexibility index (Phi) is 5.17. The molecule has 0 saturated heterocycles. The number of hydrogen-bond donors (Lipinski definition) is 2. The summed E-state index contributed by atoms with van der Waals surface area (Å²) in [5.41, 5.74) is -0.591. The van der Waals surface area contributed by atoms with Crippen molar-refractivity contribution < 1.29 is 28.2 Å². The van der Waals surface area contributed by atoms with Gasteiger partial charge in [-0.25, -0.2) is 13.6 Å². The van der Waals surface area contributed by atoms with E-state index in [1.54, 1.807) is 0 Å². The highest BCUT2D eigenvalue weighted by Gasteiger charge is 2.35. The third-order valence-electron chi connectivity index (χ3n) is 3.21. The lowest BCUT2D eigenvalue weighted by Gasteiger charge is -2.15. The van der Waals surface area contributed by atoms with Gasteiger partial charge in [0.1, 0.15) is 11.5 Å². The van der Waals surface area contributed by atoms with Crippen molar-refractivity contribution in [2.24, 2.45) is 0 Å². The Labute approximate surface area is 135 Å². The number of carbonyl (C=O) groups excluding carboxylic acids is 2. The average Bonchev–Trinajstić information content (AvgIpc) is 2.79. The van der Waals surface area contributed by atoms with E-state index in [1.165, 1.54) is 4.90 Å². The van der Waals surface area contributed by atoms with Crippen LogP contribution in [0.1, 0.15) is 0 Å². The molecule has 1 aromatic carbocycles. The van der Waals surface area contributed by atoms with E-state index in [4.69, 9.17) is 16.7 Å². The first-order valence-electron chi connectivity index (χ1n) is 6.52. The van der Waals surface area contributed by atoms with Gasteiger partial charge in [0.15, 0.2) is 5.82 Å². The largest absolute Gasteiger partial charge is 0.466 e. The van der Waals surface area contributed by atoms with Gasteiger partial charge in [-0.1, -0.05) is 11.6 Å². The van der Waals surface area contributed by atoms with Crippen LogP contribution in [0.3, 0.4) is 0 Å². The third kappa shape index (κ3) is 3.43. The van der Waals surface area contributed by atoms with Crippen LogP contribution in [0.5, 0.6) is 0 Å². The number of halogens is 3. The van der Waals surface area contributed by atoms with Gasteiger partial charge in [-0.2, -0.15) is 0 Å². The maximum atomic E-state index is 13.9. The highest BCUT2D eigenvalue weighted by atomic mass is 35.5. The van der Waals surface area contributed by atoms with Gasteiger partial charge in [0.2, 0.25) is 0 Å². The Morgan fingerprint density at radius 1 is 1.48 bits per heavy atom. The number of aliphatic hydroxyl groups excluding tert-OH is 1. The highest BCUT2D eigenvalue weighted by molar-refractivity contribution is 6.33. The molecule has 0 aromatic heterocycles. The number of ether oxygens (including phenoxy) is 1. The first-order valence-corrected chi connectivity index (χ1v) is 6.90. The summed E-state index contributed by atoms with van der Waals surface area (Å²) in [6, 6.07) is 1.47. The summed E-state index contributed by atoms with van der Waals surface area (Å²) in [4.78, 5) is 25.2. The second-order valence-electron chi connectivity index (χ2n) is 4.66. The van der Waals surface area contributed by atoms with Crippen LogP contribution in [0.4, 0.5) is 14.5 Å². The Balaban J connectivity index is 2.41. The van der Waals surface area contributed by atoms with Gasteiger partial charge >= 0.3 is 5.97 Å². The van der Waals surface area contributed by atoms with E-state index in [0.717, 1.165) is 13.2 Å². The van der Waals surface area contributed by atoms with Crippen LogP contribution in [-0.2, 0) is 14.3 Å². The molecule has 2 N–H and O–H groups in total. The number of aliphatic hydroxyl groups is 1. The second-order valence-corrected chi connectivity index (χ2v) is 5.07. The number of anilines is 1. The molecule has 0 spiro atoms. The van der Waals surface area contributed by atoms with Crippen molar-refractivity contribution in [3.63, 3.8) is 0 Å². The number of carbonyl (C=O) groups is 2. The van der Waals surface area contributed by atoms with E-state index in [-0.39, 0.29) is 41.7 Å². The van der Waals surface area contributed by atoms with Gasteiger partial charge in [-0.05, 0) is 6.07 Å². The predicted octanol–water partition coefficient (Wildman–Crippen LogP) is 1.29. The van der Waals surface area contributed by atoms with Crippen LogP contribution in [0.25, 0.3) is 0 Å². The molecule has 9 heteroatoms. The summed E-state index contributed by atoms with van der Waals surface area (Å²) in [6.07, 6.45) is 0. The van der Waals surface area contributed by atoms with Gasteiger partial charge in [0, 0.05) is 12.6 Å². The van der Waals surface area contributed by atoms with Crippen molar-refractivity contribution in [1.29, 1.82) is 0 Å². The van der Waals surface area contributed by atoms with Crippen molar-refractivity contribution >= 4 is 29.2 Å².